The summed E-state index contributed by atoms with van der Waals surface area (Å²) >= 11 is 0. The standard InChI is InChI=1S/C13H27NO3S/c1-12(2)10-14-11-13(4-7-17-8-5-13)6-9-18(3,15)16/h12,14H,4-11H2,1-3H3. The number of hydrogen-bond donors (Lipinski definition) is 1. The Kier molecular flexibility index (Phi) is 6.08. The largest absolute Gasteiger partial charge is 0.381 e. The fourth-order valence-electron chi connectivity index (χ4n) is 2.35. The van der Waals surface area contributed by atoms with Gasteiger partial charge in [0.15, 0.2) is 0 Å². The molecule has 0 bridgehead atoms. The Morgan fingerprint density at radius 1 is 1.28 bits per heavy atom. The normalized spacial score (nSPS) is 20.2. The molecule has 0 aromatic carbocycles. The predicted octanol–water partition coefficient (Wildman–Crippen LogP) is 1.46. The molecule has 1 aliphatic rings. The third kappa shape index (κ3) is 6.16. The van der Waals surface area contributed by atoms with Crippen LogP contribution >= 0.6 is 0 Å². The van der Waals surface area contributed by atoms with Crippen molar-refractivity contribution in [1.82, 2.24) is 5.32 Å². The fraction of sp³-hybridized carbons (Fsp3) is 1.00. The summed E-state index contributed by atoms with van der Waals surface area (Å²) < 4.78 is 28.1. The molecule has 1 rings (SSSR count). The Labute approximate surface area is 111 Å². The summed E-state index contributed by atoms with van der Waals surface area (Å²) in [5.41, 5.74) is 0.107. The first kappa shape index (κ1) is 15.9. The fourth-order valence-corrected chi connectivity index (χ4v) is 3.15. The molecule has 4 nitrogen and oxygen atoms in total. The lowest BCUT2D eigenvalue weighted by Crippen LogP contribution is -2.41. The minimum Gasteiger partial charge on any atom is -0.381 e. The number of rotatable bonds is 7. The van der Waals surface area contributed by atoms with Gasteiger partial charge >= 0.3 is 0 Å². The molecule has 0 aliphatic carbocycles. The van der Waals surface area contributed by atoms with Gasteiger partial charge in [-0.2, -0.15) is 0 Å². The predicted molar refractivity (Wildman–Crippen MR) is 74.5 cm³/mol. The topological polar surface area (TPSA) is 55.4 Å². The number of hydrogen-bond acceptors (Lipinski definition) is 4. The van der Waals surface area contributed by atoms with E-state index in [4.69, 9.17) is 4.74 Å². The summed E-state index contributed by atoms with van der Waals surface area (Å²) in [6, 6.07) is 0. The average Bonchev–Trinajstić information content (AvgIpc) is 2.27. The smallest absolute Gasteiger partial charge is 0.147 e. The van der Waals surface area contributed by atoms with Crippen molar-refractivity contribution in [3.63, 3.8) is 0 Å². The lowest BCUT2D eigenvalue weighted by atomic mass is 9.77. The van der Waals surface area contributed by atoms with Crippen molar-refractivity contribution in [3.05, 3.63) is 0 Å². The van der Waals surface area contributed by atoms with Gasteiger partial charge in [-0.05, 0) is 37.1 Å². The SMILES string of the molecule is CC(C)CNCC1(CCS(C)(=O)=O)CCOCC1. The second-order valence-electron chi connectivity index (χ2n) is 6.02. The number of sulfone groups is 1. The first-order chi connectivity index (χ1) is 8.33. The summed E-state index contributed by atoms with van der Waals surface area (Å²) in [7, 11) is -2.87. The van der Waals surface area contributed by atoms with Crippen LogP contribution in [0.5, 0.6) is 0 Å². The molecule has 0 saturated carbocycles. The third-order valence-corrected chi connectivity index (χ3v) is 4.55. The van der Waals surface area contributed by atoms with Crippen molar-refractivity contribution >= 4 is 9.84 Å². The first-order valence-electron chi connectivity index (χ1n) is 6.79. The summed E-state index contributed by atoms with van der Waals surface area (Å²) in [5.74, 6) is 0.910. The van der Waals surface area contributed by atoms with E-state index in [9.17, 15) is 8.42 Å². The zero-order valence-electron chi connectivity index (χ0n) is 11.9. The minimum atomic E-state index is -2.87. The molecule has 1 N–H and O–H groups in total. The van der Waals surface area contributed by atoms with Crippen LogP contribution in [0.15, 0.2) is 0 Å². The zero-order chi connectivity index (χ0) is 13.6. The van der Waals surface area contributed by atoms with Gasteiger partial charge in [-0.15, -0.1) is 0 Å². The summed E-state index contributed by atoms with van der Waals surface area (Å²) in [5, 5.41) is 3.48. The molecule has 0 atom stereocenters. The van der Waals surface area contributed by atoms with Gasteiger partial charge in [0.2, 0.25) is 0 Å². The summed E-state index contributed by atoms with van der Waals surface area (Å²) in [6.07, 6.45) is 4.00. The van der Waals surface area contributed by atoms with E-state index < -0.39 is 9.84 Å². The summed E-state index contributed by atoms with van der Waals surface area (Å²) in [6.45, 7) is 7.77. The molecular formula is C13H27NO3S. The molecule has 1 heterocycles. The molecule has 5 heteroatoms. The highest BCUT2D eigenvalue weighted by atomic mass is 32.2. The van der Waals surface area contributed by atoms with Gasteiger partial charge in [-0.1, -0.05) is 13.8 Å². The molecule has 1 saturated heterocycles. The van der Waals surface area contributed by atoms with Crippen molar-refractivity contribution in [2.45, 2.75) is 33.1 Å². The first-order valence-corrected chi connectivity index (χ1v) is 8.85. The van der Waals surface area contributed by atoms with Crippen LogP contribution < -0.4 is 5.32 Å². The maximum Gasteiger partial charge on any atom is 0.147 e. The average molecular weight is 277 g/mol. The Balaban J connectivity index is 2.52. The van der Waals surface area contributed by atoms with Gasteiger partial charge in [-0.25, -0.2) is 8.42 Å². The number of ether oxygens (including phenoxy) is 1. The van der Waals surface area contributed by atoms with E-state index in [2.05, 4.69) is 19.2 Å². The lowest BCUT2D eigenvalue weighted by molar-refractivity contribution is 0.0130. The lowest BCUT2D eigenvalue weighted by Gasteiger charge is -2.37. The molecule has 0 aromatic rings. The Bertz CT molecular complexity index is 332. The van der Waals surface area contributed by atoms with Gasteiger partial charge in [0, 0.05) is 26.0 Å². The second-order valence-corrected chi connectivity index (χ2v) is 8.28. The van der Waals surface area contributed by atoms with E-state index in [1.165, 1.54) is 6.26 Å². The molecule has 0 spiro atoms. The van der Waals surface area contributed by atoms with Crippen LogP contribution in [-0.4, -0.2) is 46.7 Å². The molecule has 0 amide bonds. The van der Waals surface area contributed by atoms with Crippen molar-refractivity contribution < 1.29 is 13.2 Å². The quantitative estimate of drug-likeness (QED) is 0.765. The van der Waals surface area contributed by atoms with E-state index in [-0.39, 0.29) is 11.2 Å². The third-order valence-electron chi connectivity index (χ3n) is 3.61. The van der Waals surface area contributed by atoms with E-state index in [1.54, 1.807) is 0 Å². The maximum absolute atomic E-state index is 11.3. The van der Waals surface area contributed by atoms with Crippen molar-refractivity contribution in [2.75, 3.05) is 38.3 Å². The Morgan fingerprint density at radius 2 is 1.89 bits per heavy atom. The molecule has 108 valence electrons. The van der Waals surface area contributed by atoms with E-state index in [1.807, 2.05) is 0 Å². The van der Waals surface area contributed by atoms with Crippen LogP contribution in [0.4, 0.5) is 0 Å². The van der Waals surface area contributed by atoms with Gasteiger partial charge in [0.25, 0.3) is 0 Å². The van der Waals surface area contributed by atoms with Gasteiger partial charge < -0.3 is 10.1 Å². The van der Waals surface area contributed by atoms with Crippen molar-refractivity contribution in [1.29, 1.82) is 0 Å². The van der Waals surface area contributed by atoms with Gasteiger partial charge in [0.05, 0.1) is 5.75 Å². The van der Waals surface area contributed by atoms with Crippen LogP contribution in [0, 0.1) is 11.3 Å². The van der Waals surface area contributed by atoms with Crippen LogP contribution in [0.25, 0.3) is 0 Å². The number of nitrogens with one attached hydrogen (secondary N) is 1. The second kappa shape index (κ2) is 6.87. The molecule has 0 aromatic heterocycles. The van der Waals surface area contributed by atoms with E-state index in [0.717, 1.165) is 45.6 Å². The Morgan fingerprint density at radius 3 is 2.39 bits per heavy atom. The van der Waals surface area contributed by atoms with E-state index in [0.29, 0.717) is 5.92 Å². The summed E-state index contributed by atoms with van der Waals surface area (Å²) in [4.78, 5) is 0. The molecule has 0 unspecified atom stereocenters. The highest BCUT2D eigenvalue weighted by molar-refractivity contribution is 7.90. The van der Waals surface area contributed by atoms with Crippen molar-refractivity contribution in [2.24, 2.45) is 11.3 Å². The monoisotopic (exact) mass is 277 g/mol. The van der Waals surface area contributed by atoms with Crippen LogP contribution in [0.1, 0.15) is 33.1 Å². The molecule has 0 radical (unpaired) electrons. The molecular weight excluding hydrogens is 250 g/mol. The van der Waals surface area contributed by atoms with E-state index >= 15 is 0 Å². The van der Waals surface area contributed by atoms with Crippen LogP contribution in [0.2, 0.25) is 0 Å². The molecule has 1 aliphatic heterocycles. The zero-order valence-corrected chi connectivity index (χ0v) is 12.7. The highest BCUT2D eigenvalue weighted by Gasteiger charge is 2.32. The maximum atomic E-state index is 11.3. The Hall–Kier alpha value is -0.130. The highest BCUT2D eigenvalue weighted by Crippen LogP contribution is 2.34. The molecule has 1 fully saturated rings. The van der Waals surface area contributed by atoms with Gasteiger partial charge in [-0.3, -0.25) is 0 Å². The van der Waals surface area contributed by atoms with Crippen LogP contribution in [-0.2, 0) is 14.6 Å². The van der Waals surface area contributed by atoms with Gasteiger partial charge in [0.1, 0.15) is 9.84 Å². The van der Waals surface area contributed by atoms with Crippen molar-refractivity contribution in [3.8, 4) is 0 Å². The van der Waals surface area contributed by atoms with Crippen LogP contribution in [0.3, 0.4) is 0 Å². The molecule has 18 heavy (non-hydrogen) atoms. The minimum absolute atomic E-state index is 0.107.